The number of amides is 2. The predicted octanol–water partition coefficient (Wildman–Crippen LogP) is 4.56. The standard InChI is InChI=1S/C26H21FN2O4/c1-15-7-9-19(16(2)11-15)23-24(28-18-8-10-21-22(12-18)33-14-32-21)26(31)29(25(23)30)13-17-5-3-4-6-20(17)27/h3-12,28H,13-14H2,1-2H3. The summed E-state index contributed by atoms with van der Waals surface area (Å²) in [4.78, 5) is 28.0. The zero-order valence-electron chi connectivity index (χ0n) is 18.1. The van der Waals surface area contributed by atoms with Gasteiger partial charge in [0, 0.05) is 17.3 Å². The van der Waals surface area contributed by atoms with E-state index >= 15 is 0 Å². The Bertz CT molecular complexity index is 1330. The number of halogens is 1. The Hall–Kier alpha value is -4.13. The van der Waals surface area contributed by atoms with E-state index < -0.39 is 17.6 Å². The van der Waals surface area contributed by atoms with Crippen LogP contribution in [0.3, 0.4) is 0 Å². The number of carbonyl (C=O) groups excluding carboxylic acids is 2. The van der Waals surface area contributed by atoms with E-state index in [1.54, 1.807) is 36.4 Å². The molecule has 0 saturated heterocycles. The molecule has 2 aliphatic heterocycles. The predicted molar refractivity (Wildman–Crippen MR) is 121 cm³/mol. The topological polar surface area (TPSA) is 67.9 Å². The minimum absolute atomic E-state index is 0.128. The first-order valence-corrected chi connectivity index (χ1v) is 10.5. The van der Waals surface area contributed by atoms with E-state index in [1.807, 2.05) is 32.0 Å². The summed E-state index contributed by atoms with van der Waals surface area (Å²) in [6.07, 6.45) is 0. The van der Waals surface area contributed by atoms with Crippen LogP contribution in [-0.2, 0) is 16.1 Å². The summed E-state index contributed by atoms with van der Waals surface area (Å²) in [6.45, 7) is 3.82. The Balaban J connectivity index is 1.57. The largest absolute Gasteiger partial charge is 0.454 e. The number of nitrogens with one attached hydrogen (secondary N) is 1. The third kappa shape index (κ3) is 3.71. The van der Waals surface area contributed by atoms with Crippen LogP contribution in [-0.4, -0.2) is 23.5 Å². The van der Waals surface area contributed by atoms with Crippen LogP contribution in [0.2, 0.25) is 0 Å². The Labute approximate surface area is 190 Å². The van der Waals surface area contributed by atoms with Crippen molar-refractivity contribution in [1.82, 2.24) is 4.90 Å². The van der Waals surface area contributed by atoms with Gasteiger partial charge in [-0.2, -0.15) is 0 Å². The van der Waals surface area contributed by atoms with Crippen molar-refractivity contribution in [2.24, 2.45) is 0 Å². The van der Waals surface area contributed by atoms with Crippen LogP contribution in [0.4, 0.5) is 10.1 Å². The minimum Gasteiger partial charge on any atom is -0.454 e. The average molecular weight is 444 g/mol. The fourth-order valence-corrected chi connectivity index (χ4v) is 4.10. The number of rotatable bonds is 5. The first kappa shape index (κ1) is 20.8. The number of benzene rings is 3. The fraction of sp³-hybridized carbons (Fsp3) is 0.154. The van der Waals surface area contributed by atoms with Gasteiger partial charge in [-0.15, -0.1) is 0 Å². The fourth-order valence-electron chi connectivity index (χ4n) is 4.10. The lowest BCUT2D eigenvalue weighted by Gasteiger charge is -2.16. The van der Waals surface area contributed by atoms with Gasteiger partial charge in [-0.05, 0) is 43.2 Å². The summed E-state index contributed by atoms with van der Waals surface area (Å²) in [7, 11) is 0. The van der Waals surface area contributed by atoms with Crippen molar-refractivity contribution < 1.29 is 23.5 Å². The van der Waals surface area contributed by atoms with Gasteiger partial charge in [0.05, 0.1) is 12.1 Å². The van der Waals surface area contributed by atoms with Gasteiger partial charge in [0.15, 0.2) is 11.5 Å². The molecule has 33 heavy (non-hydrogen) atoms. The molecular formula is C26H21FN2O4. The molecule has 0 aromatic heterocycles. The second-order valence-corrected chi connectivity index (χ2v) is 8.05. The van der Waals surface area contributed by atoms with E-state index in [1.165, 1.54) is 6.07 Å². The van der Waals surface area contributed by atoms with E-state index in [2.05, 4.69) is 5.32 Å². The second-order valence-electron chi connectivity index (χ2n) is 8.05. The molecule has 3 aromatic rings. The highest BCUT2D eigenvalue weighted by atomic mass is 19.1. The van der Waals surface area contributed by atoms with Gasteiger partial charge in [-0.3, -0.25) is 14.5 Å². The molecule has 0 radical (unpaired) electrons. The molecule has 2 amide bonds. The number of nitrogens with zero attached hydrogens (tertiary/aromatic N) is 1. The first-order chi connectivity index (χ1) is 15.9. The molecule has 2 heterocycles. The van der Waals surface area contributed by atoms with Gasteiger partial charge in [0.2, 0.25) is 6.79 Å². The normalized spacial score (nSPS) is 14.9. The highest BCUT2D eigenvalue weighted by molar-refractivity contribution is 6.36. The number of aryl methyl sites for hydroxylation is 2. The molecule has 0 saturated carbocycles. The molecule has 6 nitrogen and oxygen atoms in total. The molecule has 5 rings (SSSR count). The molecule has 0 fully saturated rings. The second kappa shape index (κ2) is 8.09. The number of fused-ring (bicyclic) bond motifs is 1. The molecular weight excluding hydrogens is 423 g/mol. The lowest BCUT2D eigenvalue weighted by Crippen LogP contribution is -2.32. The van der Waals surface area contributed by atoms with Crippen LogP contribution in [0.1, 0.15) is 22.3 Å². The Morgan fingerprint density at radius 2 is 1.73 bits per heavy atom. The number of imide groups is 1. The van der Waals surface area contributed by atoms with Crippen molar-refractivity contribution in [3.05, 3.63) is 94.4 Å². The molecule has 7 heteroatoms. The van der Waals surface area contributed by atoms with Gasteiger partial charge >= 0.3 is 0 Å². The van der Waals surface area contributed by atoms with Crippen LogP contribution in [0.15, 0.2) is 66.4 Å². The monoisotopic (exact) mass is 444 g/mol. The van der Waals surface area contributed by atoms with Gasteiger partial charge in [-0.25, -0.2) is 4.39 Å². The maximum Gasteiger partial charge on any atom is 0.278 e. The number of hydrogen-bond acceptors (Lipinski definition) is 5. The molecule has 0 spiro atoms. The van der Waals surface area contributed by atoms with E-state index in [-0.39, 0.29) is 30.2 Å². The molecule has 2 aliphatic rings. The van der Waals surface area contributed by atoms with Crippen LogP contribution in [0, 0.1) is 19.7 Å². The Kier molecular flexibility index (Phi) is 5.09. The van der Waals surface area contributed by atoms with E-state index in [0.29, 0.717) is 22.7 Å². The van der Waals surface area contributed by atoms with Crippen LogP contribution in [0.5, 0.6) is 11.5 Å². The summed E-state index contributed by atoms with van der Waals surface area (Å²) in [5.74, 6) is -0.300. The van der Waals surface area contributed by atoms with Crippen molar-refractivity contribution in [3.63, 3.8) is 0 Å². The van der Waals surface area contributed by atoms with Gasteiger partial charge < -0.3 is 14.8 Å². The molecule has 1 N–H and O–H groups in total. The van der Waals surface area contributed by atoms with Crippen molar-refractivity contribution in [2.75, 3.05) is 12.1 Å². The van der Waals surface area contributed by atoms with Crippen LogP contribution < -0.4 is 14.8 Å². The van der Waals surface area contributed by atoms with Gasteiger partial charge in [0.25, 0.3) is 11.8 Å². The van der Waals surface area contributed by atoms with Crippen molar-refractivity contribution in [1.29, 1.82) is 0 Å². The molecule has 0 atom stereocenters. The first-order valence-electron chi connectivity index (χ1n) is 10.5. The zero-order chi connectivity index (χ0) is 23.1. The molecule has 0 aliphatic carbocycles. The summed E-state index contributed by atoms with van der Waals surface area (Å²) in [6, 6.07) is 17.0. The van der Waals surface area contributed by atoms with E-state index in [9.17, 15) is 14.0 Å². The van der Waals surface area contributed by atoms with Crippen LogP contribution >= 0.6 is 0 Å². The molecule has 0 unspecified atom stereocenters. The molecule has 166 valence electrons. The van der Waals surface area contributed by atoms with E-state index in [4.69, 9.17) is 9.47 Å². The number of carbonyl (C=O) groups is 2. The lowest BCUT2D eigenvalue weighted by atomic mass is 9.97. The summed E-state index contributed by atoms with van der Waals surface area (Å²) in [5.41, 5.74) is 3.80. The highest BCUT2D eigenvalue weighted by Crippen LogP contribution is 2.37. The summed E-state index contributed by atoms with van der Waals surface area (Å²) < 4.78 is 25.1. The molecule has 3 aromatic carbocycles. The average Bonchev–Trinajstić information content (AvgIpc) is 3.34. The van der Waals surface area contributed by atoms with Crippen LogP contribution in [0.25, 0.3) is 5.57 Å². The van der Waals surface area contributed by atoms with Gasteiger partial charge in [0.1, 0.15) is 11.5 Å². The Morgan fingerprint density at radius 1 is 0.939 bits per heavy atom. The Morgan fingerprint density at radius 3 is 2.52 bits per heavy atom. The third-order valence-corrected chi connectivity index (χ3v) is 5.75. The van der Waals surface area contributed by atoms with Crippen molar-refractivity contribution in [3.8, 4) is 11.5 Å². The van der Waals surface area contributed by atoms with Crippen molar-refractivity contribution >= 4 is 23.1 Å². The minimum atomic E-state index is -0.518. The molecule has 0 bridgehead atoms. The zero-order valence-corrected chi connectivity index (χ0v) is 18.1. The smallest absolute Gasteiger partial charge is 0.278 e. The van der Waals surface area contributed by atoms with Crippen molar-refractivity contribution in [2.45, 2.75) is 20.4 Å². The number of ether oxygens (including phenoxy) is 2. The maximum absolute atomic E-state index is 14.3. The third-order valence-electron chi connectivity index (χ3n) is 5.75. The quantitative estimate of drug-likeness (QED) is 0.585. The highest BCUT2D eigenvalue weighted by Gasteiger charge is 2.40. The number of hydrogen-bond donors (Lipinski definition) is 1. The summed E-state index contributed by atoms with van der Waals surface area (Å²) >= 11 is 0. The lowest BCUT2D eigenvalue weighted by molar-refractivity contribution is -0.137. The SMILES string of the molecule is Cc1ccc(C2=C(Nc3ccc4c(c3)OCO4)C(=O)N(Cc3ccccc3F)C2=O)c(C)c1. The number of anilines is 1. The van der Waals surface area contributed by atoms with Gasteiger partial charge in [-0.1, -0.05) is 42.0 Å². The maximum atomic E-state index is 14.3. The summed E-state index contributed by atoms with van der Waals surface area (Å²) in [5, 5.41) is 3.11. The van der Waals surface area contributed by atoms with E-state index in [0.717, 1.165) is 16.0 Å².